The summed E-state index contributed by atoms with van der Waals surface area (Å²) in [7, 11) is 0. The maximum atomic E-state index is 11.0. The molecule has 0 aromatic carbocycles. The van der Waals surface area contributed by atoms with Crippen molar-refractivity contribution in [2.45, 2.75) is 64.1 Å². The molecule has 112 valence electrons. The van der Waals surface area contributed by atoms with Crippen LogP contribution in [0.4, 0.5) is 0 Å². The van der Waals surface area contributed by atoms with Crippen LogP contribution in [-0.4, -0.2) is 44.5 Å². The number of halogens is 1. The number of aliphatic hydroxyl groups is 1. The minimum atomic E-state index is -0.562. The van der Waals surface area contributed by atoms with E-state index < -0.39 is 5.60 Å². The van der Waals surface area contributed by atoms with Crippen LogP contribution in [0.3, 0.4) is 0 Å². The summed E-state index contributed by atoms with van der Waals surface area (Å²) in [5.74, 6) is 0. The second kappa shape index (κ2) is 5.43. The normalized spacial score (nSPS) is 30.7. The molecule has 2 saturated heterocycles. The highest BCUT2D eigenvalue weighted by Crippen LogP contribution is 2.36. The number of aromatic nitrogens is 2. The van der Waals surface area contributed by atoms with Crippen LogP contribution in [0.2, 0.25) is 0 Å². The summed E-state index contributed by atoms with van der Waals surface area (Å²) >= 11 is 3.64. The second-order valence-electron chi connectivity index (χ2n) is 6.35. The van der Waals surface area contributed by atoms with Gasteiger partial charge in [-0.25, -0.2) is 0 Å². The zero-order valence-corrected chi connectivity index (χ0v) is 14.0. The summed E-state index contributed by atoms with van der Waals surface area (Å²) in [5, 5.41) is 15.6. The van der Waals surface area contributed by atoms with Crippen LogP contribution in [0.15, 0.2) is 4.47 Å². The Bertz CT molecular complexity index is 502. The van der Waals surface area contributed by atoms with E-state index in [1.54, 1.807) is 0 Å². The molecule has 0 amide bonds. The predicted molar refractivity (Wildman–Crippen MR) is 82.8 cm³/mol. The van der Waals surface area contributed by atoms with Gasteiger partial charge in [0, 0.05) is 25.6 Å². The van der Waals surface area contributed by atoms with E-state index in [1.807, 2.05) is 11.6 Å². The van der Waals surface area contributed by atoms with E-state index in [0.717, 1.165) is 41.8 Å². The molecular weight excluding hydrogens is 318 g/mol. The number of hydrogen-bond acceptors (Lipinski definition) is 3. The minimum Gasteiger partial charge on any atom is -0.389 e. The zero-order valence-electron chi connectivity index (χ0n) is 12.4. The molecule has 0 aliphatic carbocycles. The van der Waals surface area contributed by atoms with E-state index in [1.165, 1.54) is 19.4 Å². The Morgan fingerprint density at radius 2 is 2.25 bits per heavy atom. The molecule has 0 bridgehead atoms. The number of piperidine rings is 1. The van der Waals surface area contributed by atoms with E-state index in [9.17, 15) is 5.11 Å². The van der Waals surface area contributed by atoms with Crippen molar-refractivity contribution in [2.75, 3.05) is 13.1 Å². The molecule has 20 heavy (non-hydrogen) atoms. The van der Waals surface area contributed by atoms with Gasteiger partial charge >= 0.3 is 0 Å². The van der Waals surface area contributed by atoms with Crippen LogP contribution in [0.25, 0.3) is 0 Å². The lowest BCUT2D eigenvalue weighted by Crippen LogP contribution is -2.49. The number of rotatable bonds is 3. The maximum Gasteiger partial charge on any atom is 0.0738 e. The molecule has 0 spiro atoms. The molecule has 3 heterocycles. The van der Waals surface area contributed by atoms with Gasteiger partial charge in [-0.05, 0) is 62.0 Å². The Morgan fingerprint density at radius 3 is 3.00 bits per heavy atom. The molecule has 3 rings (SSSR count). The van der Waals surface area contributed by atoms with Gasteiger partial charge in [-0.2, -0.15) is 5.10 Å². The van der Waals surface area contributed by atoms with Gasteiger partial charge in [-0.15, -0.1) is 0 Å². The molecule has 1 aromatic rings. The lowest BCUT2D eigenvalue weighted by Gasteiger charge is -2.41. The number of fused-ring (bicyclic) bond motifs is 1. The molecule has 2 atom stereocenters. The molecule has 1 N–H and O–H groups in total. The lowest BCUT2D eigenvalue weighted by atomic mass is 9.83. The van der Waals surface area contributed by atoms with Crippen LogP contribution >= 0.6 is 15.9 Å². The minimum absolute atomic E-state index is 0.562. The summed E-state index contributed by atoms with van der Waals surface area (Å²) in [6, 6.07) is 0.589. The molecule has 4 nitrogen and oxygen atoms in total. The number of hydrogen-bond donors (Lipinski definition) is 1. The van der Waals surface area contributed by atoms with E-state index in [-0.39, 0.29) is 0 Å². The summed E-state index contributed by atoms with van der Waals surface area (Å²) in [6.07, 6.45) is 5.04. The Balaban J connectivity index is 1.80. The van der Waals surface area contributed by atoms with E-state index in [0.29, 0.717) is 12.5 Å². The van der Waals surface area contributed by atoms with E-state index in [2.05, 4.69) is 32.9 Å². The Labute approximate surface area is 129 Å². The highest BCUT2D eigenvalue weighted by Gasteiger charge is 2.41. The molecule has 0 saturated carbocycles. The second-order valence-corrected chi connectivity index (χ2v) is 7.14. The third-order valence-electron chi connectivity index (χ3n) is 4.93. The maximum absolute atomic E-state index is 11.0. The highest BCUT2D eigenvalue weighted by atomic mass is 79.9. The smallest absolute Gasteiger partial charge is 0.0738 e. The van der Waals surface area contributed by atoms with Crippen molar-refractivity contribution < 1.29 is 5.11 Å². The first-order valence-electron chi connectivity index (χ1n) is 7.70. The van der Waals surface area contributed by atoms with Crippen molar-refractivity contribution >= 4 is 15.9 Å². The van der Waals surface area contributed by atoms with Gasteiger partial charge in [-0.1, -0.05) is 0 Å². The fourth-order valence-corrected chi connectivity index (χ4v) is 4.25. The molecule has 2 aliphatic rings. The number of aryl methyl sites for hydroxylation is 2. The predicted octanol–water partition coefficient (Wildman–Crippen LogP) is 2.51. The summed E-state index contributed by atoms with van der Waals surface area (Å²) in [6.45, 7) is 7.23. The fourth-order valence-electron chi connectivity index (χ4n) is 3.82. The monoisotopic (exact) mass is 341 g/mol. The van der Waals surface area contributed by atoms with Gasteiger partial charge < -0.3 is 10.0 Å². The van der Waals surface area contributed by atoms with E-state index in [4.69, 9.17) is 0 Å². The van der Waals surface area contributed by atoms with Gasteiger partial charge in [0.05, 0.1) is 21.5 Å². The Hall–Kier alpha value is -0.390. The molecule has 2 unspecified atom stereocenters. The van der Waals surface area contributed by atoms with Crippen molar-refractivity contribution in [3.8, 4) is 0 Å². The average molecular weight is 342 g/mol. The highest BCUT2D eigenvalue weighted by molar-refractivity contribution is 9.10. The largest absolute Gasteiger partial charge is 0.389 e. The van der Waals surface area contributed by atoms with Crippen LogP contribution in [0, 0.1) is 6.92 Å². The van der Waals surface area contributed by atoms with Crippen molar-refractivity contribution in [2.24, 2.45) is 0 Å². The first-order valence-corrected chi connectivity index (χ1v) is 8.50. The van der Waals surface area contributed by atoms with Gasteiger partial charge in [0.2, 0.25) is 0 Å². The molecule has 5 heteroatoms. The summed E-state index contributed by atoms with van der Waals surface area (Å²) < 4.78 is 3.10. The summed E-state index contributed by atoms with van der Waals surface area (Å²) in [5.41, 5.74) is 1.61. The van der Waals surface area contributed by atoms with Crippen LogP contribution in [-0.2, 0) is 13.0 Å². The molecule has 1 aromatic heterocycles. The third-order valence-corrected chi connectivity index (χ3v) is 5.96. The van der Waals surface area contributed by atoms with Crippen LogP contribution in [0.1, 0.15) is 44.0 Å². The van der Waals surface area contributed by atoms with Gasteiger partial charge in [0.25, 0.3) is 0 Å². The lowest BCUT2D eigenvalue weighted by molar-refractivity contribution is -0.0367. The molecule has 2 aliphatic heterocycles. The Morgan fingerprint density at radius 1 is 1.45 bits per heavy atom. The van der Waals surface area contributed by atoms with Crippen molar-refractivity contribution in [1.29, 1.82) is 0 Å². The standard InChI is InChI=1S/C15H24BrN3O/c1-3-19-13(14(16)11(2)17-19)10-15(20)6-8-18-7-4-5-12(18)9-15/h12,20H,3-10H2,1-2H3. The molecule has 0 radical (unpaired) electrons. The van der Waals surface area contributed by atoms with Gasteiger partial charge in [0.1, 0.15) is 0 Å². The van der Waals surface area contributed by atoms with E-state index >= 15 is 0 Å². The van der Waals surface area contributed by atoms with Crippen LogP contribution < -0.4 is 0 Å². The van der Waals surface area contributed by atoms with Crippen molar-refractivity contribution in [1.82, 2.24) is 14.7 Å². The van der Waals surface area contributed by atoms with Crippen molar-refractivity contribution in [3.05, 3.63) is 15.9 Å². The SMILES string of the molecule is CCn1nc(C)c(Br)c1CC1(O)CCN2CCCC2C1. The molecular formula is C15H24BrN3O. The number of nitrogens with zero attached hydrogens (tertiary/aromatic N) is 3. The third kappa shape index (κ3) is 2.55. The first-order chi connectivity index (χ1) is 9.52. The van der Waals surface area contributed by atoms with Gasteiger partial charge in [-0.3, -0.25) is 4.68 Å². The summed E-state index contributed by atoms with van der Waals surface area (Å²) in [4.78, 5) is 2.55. The first kappa shape index (κ1) is 14.5. The van der Waals surface area contributed by atoms with Crippen LogP contribution in [0.5, 0.6) is 0 Å². The fraction of sp³-hybridized carbons (Fsp3) is 0.800. The topological polar surface area (TPSA) is 41.3 Å². The average Bonchev–Trinajstić information content (AvgIpc) is 2.97. The quantitative estimate of drug-likeness (QED) is 0.918. The van der Waals surface area contributed by atoms with Crippen molar-refractivity contribution in [3.63, 3.8) is 0 Å². The molecule has 2 fully saturated rings. The van der Waals surface area contributed by atoms with Gasteiger partial charge in [0.15, 0.2) is 0 Å². The zero-order chi connectivity index (χ0) is 14.3. The Kier molecular flexibility index (Phi) is 3.95.